The number of nitrogens with zero attached hydrogens (tertiary/aromatic N) is 2. The van der Waals surface area contributed by atoms with E-state index >= 15 is 0 Å². The molecule has 26 heavy (non-hydrogen) atoms. The zero-order valence-corrected chi connectivity index (χ0v) is 16.0. The molecule has 0 radical (unpaired) electrons. The Balaban J connectivity index is 1.98. The fourth-order valence-corrected chi connectivity index (χ4v) is 3.69. The number of rotatable bonds is 10. The predicted molar refractivity (Wildman–Crippen MR) is 102 cm³/mol. The number of hydrogen-bond acceptors (Lipinski definition) is 4. The lowest BCUT2D eigenvalue weighted by atomic mass is 10.1. The van der Waals surface area contributed by atoms with Crippen LogP contribution in [0.25, 0.3) is 0 Å². The Morgan fingerprint density at radius 1 is 1.27 bits per heavy atom. The van der Waals surface area contributed by atoms with Crippen LogP contribution in [0, 0.1) is 0 Å². The molecule has 1 saturated heterocycles. The highest BCUT2D eigenvalue weighted by molar-refractivity contribution is 6.31. The number of carboxylic acids is 1. The number of amides is 1. The zero-order valence-electron chi connectivity index (χ0n) is 15.3. The zero-order chi connectivity index (χ0) is 18.9. The van der Waals surface area contributed by atoms with E-state index in [2.05, 4.69) is 10.2 Å². The summed E-state index contributed by atoms with van der Waals surface area (Å²) in [6, 6.07) is 7.78. The summed E-state index contributed by atoms with van der Waals surface area (Å²) in [5.74, 6) is -1.08. The van der Waals surface area contributed by atoms with Crippen LogP contribution in [0.3, 0.4) is 0 Å². The summed E-state index contributed by atoms with van der Waals surface area (Å²) in [4.78, 5) is 27.3. The number of hydrogen-bond donors (Lipinski definition) is 2. The van der Waals surface area contributed by atoms with Gasteiger partial charge in [-0.1, -0.05) is 36.7 Å². The number of benzene rings is 1. The SMILES string of the molecule is CCCN(CC(=O)O)CC(=O)NCC(c1ccccc1Cl)N1CCCC1. The van der Waals surface area contributed by atoms with Crippen molar-refractivity contribution in [1.82, 2.24) is 15.1 Å². The molecule has 1 atom stereocenters. The van der Waals surface area contributed by atoms with Crippen LogP contribution in [0.1, 0.15) is 37.8 Å². The molecule has 0 saturated carbocycles. The summed E-state index contributed by atoms with van der Waals surface area (Å²) in [6.07, 6.45) is 3.10. The second-order valence-electron chi connectivity index (χ2n) is 6.69. The third-order valence-corrected chi connectivity index (χ3v) is 4.95. The van der Waals surface area contributed by atoms with Gasteiger partial charge in [0.1, 0.15) is 0 Å². The van der Waals surface area contributed by atoms with Crippen molar-refractivity contribution in [3.05, 3.63) is 34.9 Å². The van der Waals surface area contributed by atoms with Crippen molar-refractivity contribution < 1.29 is 14.7 Å². The van der Waals surface area contributed by atoms with Crippen LogP contribution in [-0.4, -0.2) is 66.1 Å². The van der Waals surface area contributed by atoms with Crippen molar-refractivity contribution in [3.63, 3.8) is 0 Å². The maximum absolute atomic E-state index is 12.3. The van der Waals surface area contributed by atoms with Gasteiger partial charge in [-0.25, -0.2) is 0 Å². The van der Waals surface area contributed by atoms with Gasteiger partial charge in [0.05, 0.1) is 19.1 Å². The minimum absolute atomic E-state index is 0.0363. The van der Waals surface area contributed by atoms with Gasteiger partial charge < -0.3 is 10.4 Å². The molecule has 2 N–H and O–H groups in total. The third kappa shape index (κ3) is 6.27. The molecular formula is C19H28ClN3O3. The summed E-state index contributed by atoms with van der Waals surface area (Å²) < 4.78 is 0. The number of halogens is 1. The van der Waals surface area contributed by atoms with E-state index in [1.54, 1.807) is 4.90 Å². The topological polar surface area (TPSA) is 72.9 Å². The number of nitrogens with one attached hydrogen (secondary N) is 1. The van der Waals surface area contributed by atoms with E-state index in [9.17, 15) is 9.59 Å². The molecule has 0 aliphatic carbocycles. The molecule has 1 aliphatic heterocycles. The van der Waals surface area contributed by atoms with Crippen molar-refractivity contribution in [2.75, 3.05) is 39.3 Å². The maximum atomic E-state index is 12.3. The number of likely N-dealkylation sites (tertiary alicyclic amines) is 1. The first-order chi connectivity index (χ1) is 12.5. The van der Waals surface area contributed by atoms with Gasteiger partial charge >= 0.3 is 5.97 Å². The molecule has 1 aromatic rings. The normalized spacial score (nSPS) is 16.0. The fraction of sp³-hybridized carbons (Fsp3) is 0.579. The summed E-state index contributed by atoms with van der Waals surface area (Å²) in [5.41, 5.74) is 1.02. The molecule has 0 bridgehead atoms. The van der Waals surface area contributed by atoms with Gasteiger partial charge in [0, 0.05) is 11.6 Å². The van der Waals surface area contributed by atoms with Crippen molar-refractivity contribution in [3.8, 4) is 0 Å². The standard InChI is InChI=1S/C19H28ClN3O3/c1-2-9-22(14-19(25)26)13-18(24)21-12-17(23-10-5-6-11-23)15-7-3-4-8-16(15)20/h3-4,7-8,17H,2,5-6,9-14H2,1H3,(H,21,24)(H,25,26). The van der Waals surface area contributed by atoms with E-state index in [0.29, 0.717) is 18.1 Å². The summed E-state index contributed by atoms with van der Waals surface area (Å²) in [7, 11) is 0. The second-order valence-corrected chi connectivity index (χ2v) is 7.10. The van der Waals surface area contributed by atoms with Gasteiger partial charge in [-0.05, 0) is 50.5 Å². The third-order valence-electron chi connectivity index (χ3n) is 4.60. The average Bonchev–Trinajstić information content (AvgIpc) is 3.10. The first kappa shape index (κ1) is 20.7. The molecule has 1 amide bonds. The Bertz CT molecular complexity index is 605. The minimum Gasteiger partial charge on any atom is -0.480 e. The molecule has 1 unspecified atom stereocenters. The van der Waals surface area contributed by atoms with Crippen LogP contribution in [0.2, 0.25) is 5.02 Å². The highest BCUT2D eigenvalue weighted by atomic mass is 35.5. The molecule has 0 spiro atoms. The van der Waals surface area contributed by atoms with Crippen molar-refractivity contribution >= 4 is 23.5 Å². The van der Waals surface area contributed by atoms with Crippen LogP contribution in [-0.2, 0) is 9.59 Å². The van der Waals surface area contributed by atoms with E-state index < -0.39 is 5.97 Å². The first-order valence-corrected chi connectivity index (χ1v) is 9.58. The largest absolute Gasteiger partial charge is 0.480 e. The summed E-state index contributed by atoms with van der Waals surface area (Å²) in [6.45, 7) is 4.97. The van der Waals surface area contributed by atoms with Crippen molar-refractivity contribution in [1.29, 1.82) is 0 Å². The molecule has 7 heteroatoms. The van der Waals surface area contributed by atoms with Crippen LogP contribution >= 0.6 is 11.6 Å². The smallest absolute Gasteiger partial charge is 0.317 e. The Hall–Kier alpha value is -1.63. The lowest BCUT2D eigenvalue weighted by molar-refractivity contribution is -0.138. The minimum atomic E-state index is -0.919. The monoisotopic (exact) mass is 381 g/mol. The summed E-state index contributed by atoms with van der Waals surface area (Å²) in [5, 5.41) is 12.6. The predicted octanol–water partition coefficient (Wildman–Crippen LogP) is 2.39. The summed E-state index contributed by atoms with van der Waals surface area (Å²) >= 11 is 6.38. The van der Waals surface area contributed by atoms with Gasteiger partial charge in [0.15, 0.2) is 0 Å². The molecule has 1 aliphatic rings. The van der Waals surface area contributed by atoms with Crippen molar-refractivity contribution in [2.24, 2.45) is 0 Å². The van der Waals surface area contributed by atoms with Crippen LogP contribution < -0.4 is 5.32 Å². The van der Waals surface area contributed by atoms with Crippen LogP contribution in [0.15, 0.2) is 24.3 Å². The Morgan fingerprint density at radius 2 is 1.96 bits per heavy atom. The van der Waals surface area contributed by atoms with Gasteiger partial charge in [0.25, 0.3) is 0 Å². The highest BCUT2D eigenvalue weighted by Crippen LogP contribution is 2.29. The Morgan fingerprint density at radius 3 is 2.58 bits per heavy atom. The quantitative estimate of drug-likeness (QED) is 0.651. The van der Waals surface area contributed by atoms with E-state index in [1.165, 1.54) is 0 Å². The molecule has 144 valence electrons. The number of carbonyl (C=O) groups excluding carboxylic acids is 1. The molecule has 1 aromatic carbocycles. The molecule has 1 fully saturated rings. The Labute approximate surface area is 160 Å². The number of aliphatic carboxylic acids is 1. The first-order valence-electron chi connectivity index (χ1n) is 9.20. The lowest BCUT2D eigenvalue weighted by Crippen LogP contribution is -2.43. The van der Waals surface area contributed by atoms with E-state index in [-0.39, 0.29) is 25.0 Å². The van der Waals surface area contributed by atoms with E-state index in [1.807, 2.05) is 31.2 Å². The van der Waals surface area contributed by atoms with Crippen LogP contribution in [0.5, 0.6) is 0 Å². The van der Waals surface area contributed by atoms with Crippen molar-refractivity contribution in [2.45, 2.75) is 32.2 Å². The Kier molecular flexibility index (Phi) is 8.35. The fourth-order valence-electron chi connectivity index (χ4n) is 3.43. The van der Waals surface area contributed by atoms with E-state index in [4.69, 9.17) is 16.7 Å². The molecular weight excluding hydrogens is 354 g/mol. The molecule has 2 rings (SSSR count). The lowest BCUT2D eigenvalue weighted by Gasteiger charge is -2.29. The number of carbonyl (C=O) groups is 2. The van der Waals surface area contributed by atoms with Gasteiger partial charge in [-0.3, -0.25) is 19.4 Å². The van der Waals surface area contributed by atoms with Gasteiger partial charge in [0.2, 0.25) is 5.91 Å². The molecule has 6 nitrogen and oxygen atoms in total. The maximum Gasteiger partial charge on any atom is 0.317 e. The number of carboxylic acid groups (broad SMARTS) is 1. The highest BCUT2D eigenvalue weighted by Gasteiger charge is 2.25. The van der Waals surface area contributed by atoms with Crippen LogP contribution in [0.4, 0.5) is 0 Å². The second kappa shape index (κ2) is 10.5. The van der Waals surface area contributed by atoms with Gasteiger partial charge in [-0.2, -0.15) is 0 Å². The van der Waals surface area contributed by atoms with Gasteiger partial charge in [-0.15, -0.1) is 0 Å². The van der Waals surface area contributed by atoms with E-state index in [0.717, 1.165) is 37.9 Å². The molecule has 0 aromatic heterocycles. The average molecular weight is 382 g/mol. The molecule has 1 heterocycles.